The molecule has 0 saturated heterocycles. The van der Waals surface area contributed by atoms with E-state index in [9.17, 15) is 0 Å². The Balaban J connectivity index is 1.14. The molecule has 1 nitrogen and oxygen atoms in total. The molecule has 53 heavy (non-hydrogen) atoms. The van der Waals surface area contributed by atoms with Crippen molar-refractivity contribution in [1.82, 2.24) is 0 Å². The fourth-order valence-electron chi connectivity index (χ4n) is 7.67. The smallest absolute Gasteiger partial charge is 0.0468 e. The van der Waals surface area contributed by atoms with Gasteiger partial charge < -0.3 is 4.90 Å². The molecule has 0 N–H and O–H groups in total. The molecule has 1 aliphatic carbocycles. The topological polar surface area (TPSA) is 3.24 Å². The van der Waals surface area contributed by atoms with Gasteiger partial charge in [-0.2, -0.15) is 0 Å². The highest BCUT2D eigenvalue weighted by Crippen LogP contribution is 2.42. The number of fused-ring (bicyclic) bond motifs is 1. The van der Waals surface area contributed by atoms with Crippen LogP contribution < -0.4 is 4.90 Å². The first kappa shape index (κ1) is 32.2. The molecule has 1 aliphatic rings. The van der Waals surface area contributed by atoms with Crippen LogP contribution in [0.4, 0.5) is 17.1 Å². The minimum absolute atomic E-state index is 0.345. The molecule has 0 aromatic heterocycles. The van der Waals surface area contributed by atoms with E-state index in [1.165, 1.54) is 61.2 Å². The van der Waals surface area contributed by atoms with Crippen molar-refractivity contribution < 1.29 is 0 Å². The Morgan fingerprint density at radius 2 is 0.868 bits per heavy atom. The van der Waals surface area contributed by atoms with E-state index in [0.29, 0.717) is 5.92 Å². The zero-order valence-electron chi connectivity index (χ0n) is 29.5. The number of hydrogen-bond donors (Lipinski definition) is 0. The lowest BCUT2D eigenvalue weighted by Crippen LogP contribution is -2.10. The van der Waals surface area contributed by atoms with E-state index in [1.54, 1.807) is 0 Å². The average Bonchev–Trinajstić information content (AvgIpc) is 3.25. The maximum Gasteiger partial charge on any atom is 0.0468 e. The van der Waals surface area contributed by atoms with Gasteiger partial charge in [-0.05, 0) is 104 Å². The van der Waals surface area contributed by atoms with Gasteiger partial charge in [0.1, 0.15) is 0 Å². The number of anilines is 3. The number of hydrogen-bond acceptors (Lipinski definition) is 1. The fourth-order valence-corrected chi connectivity index (χ4v) is 7.67. The van der Waals surface area contributed by atoms with Crippen LogP contribution in [-0.4, -0.2) is 0 Å². The van der Waals surface area contributed by atoms with E-state index in [0.717, 1.165) is 23.5 Å². The maximum atomic E-state index is 2.40. The van der Waals surface area contributed by atoms with Gasteiger partial charge >= 0.3 is 0 Å². The van der Waals surface area contributed by atoms with Crippen molar-refractivity contribution in [2.24, 2.45) is 0 Å². The molecule has 0 fully saturated rings. The van der Waals surface area contributed by atoms with Gasteiger partial charge in [0.15, 0.2) is 0 Å². The number of rotatable bonds is 8. The highest BCUT2D eigenvalue weighted by Gasteiger charge is 2.19. The van der Waals surface area contributed by atoms with Crippen LogP contribution >= 0.6 is 0 Å². The minimum atomic E-state index is 0.345. The van der Waals surface area contributed by atoms with Crippen molar-refractivity contribution in [2.75, 3.05) is 4.90 Å². The monoisotopic (exact) mass is 677 g/mol. The SMILES string of the molecule is C1=CC(c2cccc(-c3ccc(N(c4ccc(-c5ccccc5)cc4)c4ccc(-c5ccccc5)cc4)cc3-c3ccccc3)c2)Cc2ccccc21. The van der Waals surface area contributed by atoms with Crippen LogP contribution in [0.3, 0.4) is 0 Å². The molecule has 1 atom stereocenters. The van der Waals surface area contributed by atoms with Crippen LogP contribution in [0.1, 0.15) is 22.6 Å². The first-order valence-corrected chi connectivity index (χ1v) is 18.4. The lowest BCUT2D eigenvalue weighted by atomic mass is 9.84. The number of nitrogens with zero attached hydrogens (tertiary/aromatic N) is 1. The Morgan fingerprint density at radius 1 is 0.358 bits per heavy atom. The Labute approximate surface area is 312 Å². The third-order valence-corrected chi connectivity index (χ3v) is 10.4. The predicted octanol–water partition coefficient (Wildman–Crippen LogP) is 14.2. The Kier molecular flexibility index (Phi) is 8.82. The molecular formula is C52H39N. The van der Waals surface area contributed by atoms with Gasteiger partial charge in [-0.15, -0.1) is 0 Å². The average molecular weight is 678 g/mol. The molecular weight excluding hydrogens is 639 g/mol. The molecule has 0 radical (unpaired) electrons. The fraction of sp³-hybridized carbons (Fsp3) is 0.0385. The van der Waals surface area contributed by atoms with Crippen LogP contribution in [0.25, 0.3) is 50.6 Å². The highest BCUT2D eigenvalue weighted by atomic mass is 15.1. The Bertz CT molecular complexity index is 2410. The van der Waals surface area contributed by atoms with Crippen LogP contribution in [-0.2, 0) is 6.42 Å². The van der Waals surface area contributed by atoms with E-state index in [2.05, 4.69) is 223 Å². The van der Waals surface area contributed by atoms with Crippen LogP contribution in [0.2, 0.25) is 0 Å². The van der Waals surface area contributed by atoms with Crippen molar-refractivity contribution in [3.8, 4) is 44.5 Å². The summed E-state index contributed by atoms with van der Waals surface area (Å²) in [6.45, 7) is 0. The predicted molar refractivity (Wildman–Crippen MR) is 225 cm³/mol. The summed E-state index contributed by atoms with van der Waals surface area (Å²) < 4.78 is 0. The summed E-state index contributed by atoms with van der Waals surface area (Å²) in [6.07, 6.45) is 5.67. The summed E-state index contributed by atoms with van der Waals surface area (Å²) in [6, 6.07) is 74.7. The van der Waals surface area contributed by atoms with Crippen molar-refractivity contribution in [2.45, 2.75) is 12.3 Å². The molecule has 0 aliphatic heterocycles. The van der Waals surface area contributed by atoms with E-state index >= 15 is 0 Å². The molecule has 1 unspecified atom stereocenters. The zero-order valence-corrected chi connectivity index (χ0v) is 29.5. The van der Waals surface area contributed by atoms with Crippen molar-refractivity contribution in [1.29, 1.82) is 0 Å². The summed E-state index contributed by atoms with van der Waals surface area (Å²) in [5, 5.41) is 0. The maximum absolute atomic E-state index is 2.40. The standard InChI is InChI=1S/C52H39N/c1-4-13-38(14-5-1)41-25-29-48(30-26-41)53(49-31-27-42(28-32-49)39-15-6-2-7-16-39)50-33-34-51(52(37-50)43-18-8-3-9-19-43)47-22-12-21-45(36-47)46-24-23-40-17-10-11-20-44(40)35-46/h1-34,36-37,46H,35H2. The number of allylic oxidation sites excluding steroid dienone is 1. The lowest BCUT2D eigenvalue weighted by molar-refractivity contribution is 0.827. The molecule has 0 bridgehead atoms. The second-order valence-electron chi connectivity index (χ2n) is 13.8. The molecule has 9 rings (SSSR count). The van der Waals surface area contributed by atoms with Crippen molar-refractivity contribution in [3.05, 3.63) is 229 Å². The van der Waals surface area contributed by atoms with E-state index < -0.39 is 0 Å². The minimum Gasteiger partial charge on any atom is -0.310 e. The van der Waals surface area contributed by atoms with E-state index in [4.69, 9.17) is 0 Å². The van der Waals surface area contributed by atoms with Crippen LogP contribution in [0.5, 0.6) is 0 Å². The van der Waals surface area contributed by atoms with Gasteiger partial charge in [-0.3, -0.25) is 0 Å². The molecule has 0 saturated carbocycles. The van der Waals surface area contributed by atoms with Gasteiger partial charge in [-0.25, -0.2) is 0 Å². The quantitative estimate of drug-likeness (QED) is 0.155. The van der Waals surface area contributed by atoms with Crippen LogP contribution in [0.15, 0.2) is 212 Å². The van der Waals surface area contributed by atoms with Gasteiger partial charge in [0, 0.05) is 23.0 Å². The van der Waals surface area contributed by atoms with E-state index in [-0.39, 0.29) is 0 Å². The third kappa shape index (κ3) is 6.73. The summed E-state index contributed by atoms with van der Waals surface area (Å²) in [5.74, 6) is 0.345. The summed E-state index contributed by atoms with van der Waals surface area (Å²) in [4.78, 5) is 2.38. The summed E-state index contributed by atoms with van der Waals surface area (Å²) >= 11 is 0. The normalized spacial score (nSPS) is 13.3. The van der Waals surface area contributed by atoms with Gasteiger partial charge in [0.05, 0.1) is 0 Å². The first-order chi connectivity index (χ1) is 26.3. The highest BCUT2D eigenvalue weighted by molar-refractivity contribution is 5.89. The zero-order chi connectivity index (χ0) is 35.4. The molecule has 0 amide bonds. The van der Waals surface area contributed by atoms with E-state index in [1.807, 2.05) is 0 Å². The van der Waals surface area contributed by atoms with Crippen molar-refractivity contribution >= 4 is 23.1 Å². The molecule has 0 heterocycles. The summed E-state index contributed by atoms with van der Waals surface area (Å²) in [5.41, 5.74) is 17.1. The first-order valence-electron chi connectivity index (χ1n) is 18.4. The summed E-state index contributed by atoms with van der Waals surface area (Å²) in [7, 11) is 0. The largest absolute Gasteiger partial charge is 0.310 e. The Hall–Kier alpha value is -6.70. The van der Waals surface area contributed by atoms with Crippen LogP contribution in [0, 0.1) is 0 Å². The second kappa shape index (κ2) is 14.5. The van der Waals surface area contributed by atoms with Gasteiger partial charge in [0.25, 0.3) is 0 Å². The third-order valence-electron chi connectivity index (χ3n) is 10.4. The molecule has 8 aromatic carbocycles. The van der Waals surface area contributed by atoms with Gasteiger partial charge in [0.2, 0.25) is 0 Å². The number of benzene rings is 8. The lowest BCUT2D eigenvalue weighted by Gasteiger charge is -2.27. The molecule has 1 heteroatoms. The van der Waals surface area contributed by atoms with Gasteiger partial charge in [-0.1, -0.05) is 182 Å². The second-order valence-corrected chi connectivity index (χ2v) is 13.8. The molecule has 252 valence electrons. The Morgan fingerprint density at radius 3 is 1.49 bits per heavy atom. The van der Waals surface area contributed by atoms with Crippen molar-refractivity contribution in [3.63, 3.8) is 0 Å². The molecule has 8 aromatic rings. The molecule has 0 spiro atoms.